The molecule has 0 spiro atoms. The SMILES string of the molecule is CCc1ccc(C(=O)NCCN=[N+]=[N-])s1. The summed E-state index contributed by atoms with van der Waals surface area (Å²) in [6.07, 6.45) is 0.941. The van der Waals surface area contributed by atoms with Crippen LogP contribution >= 0.6 is 11.3 Å². The number of aryl methyl sites for hydroxylation is 1. The zero-order valence-corrected chi connectivity index (χ0v) is 9.25. The zero-order valence-electron chi connectivity index (χ0n) is 8.43. The van der Waals surface area contributed by atoms with Gasteiger partial charge in [-0.3, -0.25) is 4.79 Å². The average Bonchev–Trinajstić information content (AvgIpc) is 2.72. The summed E-state index contributed by atoms with van der Waals surface area (Å²) in [5, 5.41) is 6.01. The fraction of sp³-hybridized carbons (Fsp3) is 0.444. The molecule has 0 saturated heterocycles. The second kappa shape index (κ2) is 6.06. The van der Waals surface area contributed by atoms with E-state index in [0.29, 0.717) is 11.4 Å². The van der Waals surface area contributed by atoms with E-state index in [1.54, 1.807) is 0 Å². The molecule has 0 saturated carbocycles. The summed E-state index contributed by atoms with van der Waals surface area (Å²) in [7, 11) is 0. The van der Waals surface area contributed by atoms with Gasteiger partial charge >= 0.3 is 0 Å². The number of nitrogens with one attached hydrogen (secondary N) is 1. The molecule has 0 aliphatic rings. The number of amides is 1. The maximum Gasteiger partial charge on any atom is 0.261 e. The highest BCUT2D eigenvalue weighted by Gasteiger charge is 2.06. The van der Waals surface area contributed by atoms with E-state index in [1.807, 2.05) is 12.1 Å². The minimum atomic E-state index is -0.104. The maximum absolute atomic E-state index is 11.5. The topological polar surface area (TPSA) is 77.9 Å². The van der Waals surface area contributed by atoms with Gasteiger partial charge in [-0.05, 0) is 24.1 Å². The third-order valence-corrected chi connectivity index (χ3v) is 3.02. The van der Waals surface area contributed by atoms with Crippen LogP contribution in [0.15, 0.2) is 17.2 Å². The highest BCUT2D eigenvalue weighted by atomic mass is 32.1. The van der Waals surface area contributed by atoms with Gasteiger partial charge in [0.05, 0.1) is 4.88 Å². The van der Waals surface area contributed by atoms with E-state index >= 15 is 0 Å². The van der Waals surface area contributed by atoms with Crippen LogP contribution in [-0.2, 0) is 6.42 Å². The number of nitrogens with zero attached hydrogens (tertiary/aromatic N) is 3. The third-order valence-electron chi connectivity index (χ3n) is 1.79. The molecule has 0 radical (unpaired) electrons. The van der Waals surface area contributed by atoms with Crippen molar-refractivity contribution in [2.24, 2.45) is 5.11 Å². The number of rotatable bonds is 5. The second-order valence-corrected chi connectivity index (χ2v) is 4.00. The van der Waals surface area contributed by atoms with Crippen LogP contribution in [0.4, 0.5) is 0 Å². The molecular weight excluding hydrogens is 212 g/mol. The molecule has 80 valence electrons. The molecule has 0 atom stereocenters. The van der Waals surface area contributed by atoms with Crippen LogP contribution in [0.2, 0.25) is 0 Å². The van der Waals surface area contributed by atoms with E-state index in [4.69, 9.17) is 5.53 Å². The summed E-state index contributed by atoms with van der Waals surface area (Å²) in [5.41, 5.74) is 8.03. The van der Waals surface area contributed by atoms with Crippen molar-refractivity contribution in [3.8, 4) is 0 Å². The van der Waals surface area contributed by atoms with Crippen LogP contribution in [0.5, 0.6) is 0 Å². The fourth-order valence-corrected chi connectivity index (χ4v) is 1.91. The Kier molecular flexibility index (Phi) is 4.66. The molecule has 15 heavy (non-hydrogen) atoms. The molecule has 0 bridgehead atoms. The first-order chi connectivity index (χ1) is 7.27. The smallest absolute Gasteiger partial charge is 0.261 e. The molecule has 0 unspecified atom stereocenters. The van der Waals surface area contributed by atoms with Crippen molar-refractivity contribution in [2.75, 3.05) is 13.1 Å². The second-order valence-electron chi connectivity index (χ2n) is 2.83. The van der Waals surface area contributed by atoms with E-state index in [1.165, 1.54) is 16.2 Å². The molecule has 1 rings (SSSR count). The van der Waals surface area contributed by atoms with E-state index < -0.39 is 0 Å². The molecule has 0 aliphatic carbocycles. The standard InChI is InChI=1S/C9H12N4OS/c1-2-7-3-4-8(15-7)9(14)11-5-6-12-13-10/h3-4H,2,5-6H2,1H3,(H,11,14). The molecule has 0 fully saturated rings. The molecule has 1 N–H and O–H groups in total. The number of azide groups is 1. The molecule has 5 nitrogen and oxygen atoms in total. The number of hydrogen-bond acceptors (Lipinski definition) is 3. The van der Waals surface area contributed by atoms with Crippen molar-refractivity contribution in [1.82, 2.24) is 5.32 Å². The quantitative estimate of drug-likeness (QED) is 0.354. The largest absolute Gasteiger partial charge is 0.351 e. The van der Waals surface area contributed by atoms with Gasteiger partial charge in [-0.1, -0.05) is 12.0 Å². The number of thiophene rings is 1. The van der Waals surface area contributed by atoms with E-state index in [2.05, 4.69) is 22.3 Å². The maximum atomic E-state index is 11.5. The van der Waals surface area contributed by atoms with E-state index in [-0.39, 0.29) is 12.5 Å². The summed E-state index contributed by atoms with van der Waals surface area (Å²) in [5.74, 6) is -0.104. The summed E-state index contributed by atoms with van der Waals surface area (Å²) < 4.78 is 0. The average molecular weight is 224 g/mol. The minimum absolute atomic E-state index is 0.104. The monoisotopic (exact) mass is 224 g/mol. The molecule has 1 heterocycles. The van der Waals surface area contributed by atoms with E-state index in [0.717, 1.165) is 6.42 Å². The van der Waals surface area contributed by atoms with Gasteiger partial charge in [0.1, 0.15) is 0 Å². The fourth-order valence-electron chi connectivity index (χ4n) is 1.04. The summed E-state index contributed by atoms with van der Waals surface area (Å²) >= 11 is 1.49. The molecular formula is C9H12N4OS. The Morgan fingerprint density at radius 3 is 3.07 bits per heavy atom. The Hall–Kier alpha value is -1.52. The lowest BCUT2D eigenvalue weighted by atomic mass is 10.3. The normalized spacial score (nSPS) is 9.40. The van der Waals surface area contributed by atoms with Gasteiger partial charge < -0.3 is 5.32 Å². The van der Waals surface area contributed by atoms with Gasteiger partial charge in [0, 0.05) is 22.9 Å². The molecule has 0 aliphatic heterocycles. The molecule has 6 heteroatoms. The van der Waals surface area contributed by atoms with Gasteiger partial charge in [-0.2, -0.15) is 0 Å². The predicted octanol–water partition coefficient (Wildman–Crippen LogP) is 2.35. The zero-order chi connectivity index (χ0) is 11.1. The third kappa shape index (κ3) is 3.61. The predicted molar refractivity (Wildman–Crippen MR) is 60.0 cm³/mol. The highest BCUT2D eigenvalue weighted by molar-refractivity contribution is 7.14. The lowest BCUT2D eigenvalue weighted by Gasteiger charge is -1.99. The summed E-state index contributed by atoms with van der Waals surface area (Å²) in [6, 6.07) is 3.76. The number of carbonyl (C=O) groups excluding carboxylic acids is 1. The molecule has 1 aromatic heterocycles. The summed E-state index contributed by atoms with van der Waals surface area (Å²) in [4.78, 5) is 16.0. The molecule has 0 aromatic carbocycles. The van der Waals surface area contributed by atoms with E-state index in [9.17, 15) is 4.79 Å². The lowest BCUT2D eigenvalue weighted by molar-refractivity contribution is 0.0959. The van der Waals surface area contributed by atoms with Gasteiger partial charge in [-0.25, -0.2) is 0 Å². The molecule has 1 aromatic rings. The van der Waals surface area contributed by atoms with Crippen molar-refractivity contribution in [3.05, 3.63) is 32.3 Å². The Morgan fingerprint density at radius 1 is 1.67 bits per heavy atom. The first-order valence-corrected chi connectivity index (χ1v) is 5.47. The van der Waals surface area contributed by atoms with Crippen LogP contribution in [0.25, 0.3) is 10.4 Å². The Bertz CT molecular complexity index is 381. The van der Waals surface area contributed by atoms with Crippen LogP contribution in [0.1, 0.15) is 21.5 Å². The first kappa shape index (κ1) is 11.6. The Balaban J connectivity index is 2.42. The van der Waals surface area contributed by atoms with Gasteiger partial charge in [0.2, 0.25) is 0 Å². The van der Waals surface area contributed by atoms with Gasteiger partial charge in [0.25, 0.3) is 5.91 Å². The van der Waals surface area contributed by atoms with Crippen LogP contribution in [-0.4, -0.2) is 19.0 Å². The van der Waals surface area contributed by atoms with Crippen molar-refractivity contribution in [2.45, 2.75) is 13.3 Å². The highest BCUT2D eigenvalue weighted by Crippen LogP contribution is 2.16. The van der Waals surface area contributed by atoms with Crippen LogP contribution in [0, 0.1) is 0 Å². The van der Waals surface area contributed by atoms with Gasteiger partial charge in [-0.15, -0.1) is 11.3 Å². The number of carbonyl (C=O) groups is 1. The van der Waals surface area contributed by atoms with Crippen LogP contribution < -0.4 is 5.32 Å². The van der Waals surface area contributed by atoms with Gasteiger partial charge in [0.15, 0.2) is 0 Å². The van der Waals surface area contributed by atoms with Crippen molar-refractivity contribution >= 4 is 17.2 Å². The minimum Gasteiger partial charge on any atom is -0.351 e. The first-order valence-electron chi connectivity index (χ1n) is 4.65. The van der Waals surface area contributed by atoms with Crippen LogP contribution in [0.3, 0.4) is 0 Å². The lowest BCUT2D eigenvalue weighted by Crippen LogP contribution is -2.24. The van der Waals surface area contributed by atoms with Crippen molar-refractivity contribution < 1.29 is 4.79 Å². The summed E-state index contributed by atoms with van der Waals surface area (Å²) in [6.45, 7) is 2.71. The Labute approximate surface area is 91.7 Å². The van der Waals surface area contributed by atoms with Crippen molar-refractivity contribution in [1.29, 1.82) is 0 Å². The van der Waals surface area contributed by atoms with Crippen molar-refractivity contribution in [3.63, 3.8) is 0 Å². The number of hydrogen-bond donors (Lipinski definition) is 1. The Morgan fingerprint density at radius 2 is 2.47 bits per heavy atom. The molecule has 1 amide bonds.